The van der Waals surface area contributed by atoms with Gasteiger partial charge in [-0.25, -0.2) is 9.48 Å². The lowest BCUT2D eigenvalue weighted by Crippen LogP contribution is -2.08. The zero-order valence-electron chi connectivity index (χ0n) is 11.1. The summed E-state index contributed by atoms with van der Waals surface area (Å²) in [6.45, 7) is 4.57. The summed E-state index contributed by atoms with van der Waals surface area (Å²) in [7, 11) is 0. The summed E-state index contributed by atoms with van der Waals surface area (Å²) in [6.07, 6.45) is 1.61. The van der Waals surface area contributed by atoms with Crippen LogP contribution in [0.15, 0.2) is 24.3 Å². The van der Waals surface area contributed by atoms with E-state index in [1.54, 1.807) is 4.68 Å². The summed E-state index contributed by atoms with van der Waals surface area (Å²) < 4.78 is 1.66. The normalized spacial score (nSPS) is 10.6. The summed E-state index contributed by atoms with van der Waals surface area (Å²) in [5.74, 6) is -1.02. The molecule has 1 aromatic heterocycles. The summed E-state index contributed by atoms with van der Waals surface area (Å²) in [5.41, 5.74) is 3.08. The highest BCUT2D eigenvalue weighted by Gasteiger charge is 2.17. The fraction of sp³-hybridized carbons (Fsp3) is 0.357. The van der Waals surface area contributed by atoms with Crippen LogP contribution in [0.3, 0.4) is 0 Å². The third kappa shape index (κ3) is 2.81. The number of carboxylic acids is 1. The molecule has 100 valence electrons. The number of hydrogen-bond donors (Lipinski definition) is 1. The molecule has 2 aromatic rings. The fourth-order valence-corrected chi connectivity index (χ4v) is 2.03. The van der Waals surface area contributed by atoms with Gasteiger partial charge in [0, 0.05) is 0 Å². The Bertz CT molecular complexity index is 573. The molecule has 0 saturated heterocycles. The maximum atomic E-state index is 11.0. The summed E-state index contributed by atoms with van der Waals surface area (Å²) >= 11 is 0. The maximum absolute atomic E-state index is 11.0. The zero-order chi connectivity index (χ0) is 13.8. The first-order valence-corrected chi connectivity index (χ1v) is 6.39. The molecular formula is C14H17N3O2. The van der Waals surface area contributed by atoms with Gasteiger partial charge in [0.05, 0.1) is 12.2 Å². The number of aromatic carboxylic acids is 1. The van der Waals surface area contributed by atoms with Gasteiger partial charge in [0.25, 0.3) is 0 Å². The molecule has 0 amide bonds. The molecule has 0 unspecified atom stereocenters. The molecule has 5 heteroatoms. The second kappa shape index (κ2) is 5.65. The molecule has 1 N–H and O–H groups in total. The molecule has 0 aliphatic carbocycles. The SMILES string of the molecule is CCc1ccc(Cn2nnc(C(=O)O)c2CC)cc1. The van der Waals surface area contributed by atoms with Crippen LogP contribution in [0.1, 0.15) is 41.2 Å². The van der Waals surface area contributed by atoms with E-state index in [9.17, 15) is 4.79 Å². The van der Waals surface area contributed by atoms with Gasteiger partial charge < -0.3 is 5.11 Å². The number of aromatic nitrogens is 3. The van der Waals surface area contributed by atoms with Crippen LogP contribution in [0, 0.1) is 0 Å². The molecule has 5 nitrogen and oxygen atoms in total. The van der Waals surface area contributed by atoms with Gasteiger partial charge in [-0.2, -0.15) is 0 Å². The summed E-state index contributed by atoms with van der Waals surface area (Å²) in [5, 5.41) is 16.7. The molecule has 0 saturated carbocycles. The van der Waals surface area contributed by atoms with E-state index in [4.69, 9.17) is 5.11 Å². The number of carboxylic acid groups (broad SMARTS) is 1. The van der Waals surface area contributed by atoms with Gasteiger partial charge in [0.15, 0.2) is 5.69 Å². The van der Waals surface area contributed by atoms with Crippen molar-refractivity contribution in [3.63, 3.8) is 0 Å². The Balaban J connectivity index is 2.25. The minimum atomic E-state index is -1.02. The van der Waals surface area contributed by atoms with E-state index >= 15 is 0 Å². The van der Waals surface area contributed by atoms with Crippen LogP contribution < -0.4 is 0 Å². The monoisotopic (exact) mass is 259 g/mol. The van der Waals surface area contributed by atoms with E-state index in [0.29, 0.717) is 18.7 Å². The summed E-state index contributed by atoms with van der Waals surface area (Å²) in [6, 6.07) is 8.24. The van der Waals surface area contributed by atoms with E-state index in [1.807, 2.05) is 19.1 Å². The average Bonchev–Trinajstić information content (AvgIpc) is 2.82. The molecule has 0 spiro atoms. The second-order valence-electron chi connectivity index (χ2n) is 4.37. The van der Waals surface area contributed by atoms with Crippen molar-refractivity contribution in [1.82, 2.24) is 15.0 Å². The van der Waals surface area contributed by atoms with Crippen LogP contribution in [-0.2, 0) is 19.4 Å². The molecule has 0 aliphatic heterocycles. The Labute approximate surface area is 111 Å². The maximum Gasteiger partial charge on any atom is 0.358 e. The van der Waals surface area contributed by atoms with Crippen LogP contribution in [0.5, 0.6) is 0 Å². The predicted octanol–water partition coefficient (Wildman–Crippen LogP) is 2.15. The Morgan fingerprint density at radius 2 is 1.79 bits per heavy atom. The van der Waals surface area contributed by atoms with Crippen molar-refractivity contribution in [3.8, 4) is 0 Å². The molecule has 0 fully saturated rings. The second-order valence-corrected chi connectivity index (χ2v) is 4.37. The standard InChI is InChI=1S/C14H17N3O2/c1-3-10-5-7-11(8-6-10)9-17-12(4-2)13(14(18)19)15-16-17/h5-8H,3-4,9H2,1-2H3,(H,18,19). The Kier molecular flexibility index (Phi) is 3.94. The number of nitrogens with zero attached hydrogens (tertiary/aromatic N) is 3. The van der Waals surface area contributed by atoms with Crippen LogP contribution in [0.4, 0.5) is 0 Å². The Morgan fingerprint density at radius 3 is 2.32 bits per heavy atom. The topological polar surface area (TPSA) is 68.0 Å². The van der Waals surface area contributed by atoms with Crippen molar-refractivity contribution >= 4 is 5.97 Å². The van der Waals surface area contributed by atoms with Crippen molar-refractivity contribution in [2.75, 3.05) is 0 Å². The minimum absolute atomic E-state index is 0.0488. The van der Waals surface area contributed by atoms with Crippen LogP contribution >= 0.6 is 0 Å². The van der Waals surface area contributed by atoms with Crippen LogP contribution in [-0.4, -0.2) is 26.1 Å². The van der Waals surface area contributed by atoms with Gasteiger partial charge in [-0.3, -0.25) is 0 Å². The lowest BCUT2D eigenvalue weighted by molar-refractivity contribution is 0.0689. The highest BCUT2D eigenvalue weighted by molar-refractivity contribution is 5.86. The number of carbonyl (C=O) groups is 1. The Morgan fingerprint density at radius 1 is 1.16 bits per heavy atom. The molecular weight excluding hydrogens is 242 g/mol. The smallest absolute Gasteiger partial charge is 0.358 e. The molecule has 2 rings (SSSR count). The first-order chi connectivity index (χ1) is 9.15. The zero-order valence-corrected chi connectivity index (χ0v) is 11.1. The van der Waals surface area contributed by atoms with E-state index in [0.717, 1.165) is 12.0 Å². The third-order valence-corrected chi connectivity index (χ3v) is 3.14. The van der Waals surface area contributed by atoms with E-state index in [1.165, 1.54) is 5.56 Å². The minimum Gasteiger partial charge on any atom is -0.476 e. The lowest BCUT2D eigenvalue weighted by Gasteiger charge is -2.06. The van der Waals surface area contributed by atoms with E-state index < -0.39 is 5.97 Å². The molecule has 19 heavy (non-hydrogen) atoms. The largest absolute Gasteiger partial charge is 0.476 e. The van der Waals surface area contributed by atoms with E-state index in [-0.39, 0.29) is 5.69 Å². The van der Waals surface area contributed by atoms with Crippen LogP contribution in [0.2, 0.25) is 0 Å². The van der Waals surface area contributed by atoms with Crippen molar-refractivity contribution in [3.05, 3.63) is 46.8 Å². The van der Waals surface area contributed by atoms with Gasteiger partial charge in [-0.05, 0) is 24.0 Å². The van der Waals surface area contributed by atoms with Crippen molar-refractivity contribution in [2.45, 2.75) is 33.2 Å². The Hall–Kier alpha value is -2.17. The molecule has 1 heterocycles. The molecule has 0 radical (unpaired) electrons. The number of hydrogen-bond acceptors (Lipinski definition) is 3. The highest BCUT2D eigenvalue weighted by Crippen LogP contribution is 2.11. The van der Waals surface area contributed by atoms with Crippen molar-refractivity contribution in [1.29, 1.82) is 0 Å². The fourth-order valence-electron chi connectivity index (χ4n) is 2.03. The van der Waals surface area contributed by atoms with Crippen molar-refractivity contribution in [2.24, 2.45) is 0 Å². The summed E-state index contributed by atoms with van der Waals surface area (Å²) in [4.78, 5) is 11.0. The van der Waals surface area contributed by atoms with Crippen LogP contribution in [0.25, 0.3) is 0 Å². The van der Waals surface area contributed by atoms with Gasteiger partial charge in [0.2, 0.25) is 0 Å². The highest BCUT2D eigenvalue weighted by atomic mass is 16.4. The molecule has 1 aromatic carbocycles. The van der Waals surface area contributed by atoms with Gasteiger partial charge in [-0.15, -0.1) is 5.10 Å². The third-order valence-electron chi connectivity index (χ3n) is 3.14. The van der Waals surface area contributed by atoms with Gasteiger partial charge >= 0.3 is 5.97 Å². The van der Waals surface area contributed by atoms with Gasteiger partial charge in [0.1, 0.15) is 0 Å². The first-order valence-electron chi connectivity index (χ1n) is 6.39. The number of benzene rings is 1. The number of rotatable bonds is 5. The van der Waals surface area contributed by atoms with Gasteiger partial charge in [-0.1, -0.05) is 43.3 Å². The molecule has 0 atom stereocenters. The molecule has 0 aliphatic rings. The first kappa shape index (κ1) is 13.3. The number of aryl methyl sites for hydroxylation is 1. The van der Waals surface area contributed by atoms with E-state index in [2.05, 4.69) is 29.4 Å². The van der Waals surface area contributed by atoms with Crippen molar-refractivity contribution < 1.29 is 9.90 Å². The average molecular weight is 259 g/mol. The molecule has 0 bridgehead atoms. The quantitative estimate of drug-likeness (QED) is 0.893. The predicted molar refractivity (Wildman–Crippen MR) is 71.3 cm³/mol. The lowest BCUT2D eigenvalue weighted by atomic mass is 10.1.